The maximum Gasteiger partial charge on any atom is 0.256 e. The predicted molar refractivity (Wildman–Crippen MR) is 79.2 cm³/mol. The smallest absolute Gasteiger partial charge is 0.256 e. The fourth-order valence-corrected chi connectivity index (χ4v) is 2.24. The second-order valence-electron chi connectivity index (χ2n) is 5.01. The zero-order valence-electron chi connectivity index (χ0n) is 12.2. The molecule has 1 amide bonds. The molecule has 1 aromatic rings. The van der Waals surface area contributed by atoms with Crippen molar-refractivity contribution >= 4 is 11.6 Å². The number of anilines is 1. The van der Waals surface area contributed by atoms with Gasteiger partial charge in [0.25, 0.3) is 5.91 Å². The zero-order valence-corrected chi connectivity index (χ0v) is 12.2. The number of rotatable bonds is 3. The molecule has 0 aliphatic carbocycles. The average molecular weight is 289 g/mol. The van der Waals surface area contributed by atoms with Gasteiger partial charge in [0.15, 0.2) is 0 Å². The maximum absolute atomic E-state index is 12.4. The van der Waals surface area contributed by atoms with Gasteiger partial charge in [-0.2, -0.15) is 0 Å². The van der Waals surface area contributed by atoms with Gasteiger partial charge in [0, 0.05) is 12.2 Å². The van der Waals surface area contributed by atoms with Gasteiger partial charge in [-0.1, -0.05) is 11.8 Å². The summed E-state index contributed by atoms with van der Waals surface area (Å²) in [5.74, 6) is 5.74. The SMILES string of the molecule is COc1ccc(C#CCO)cc1NC(=O)C1(C)CCCO1. The van der Waals surface area contributed by atoms with E-state index in [1.807, 2.05) is 0 Å². The first-order chi connectivity index (χ1) is 10.1. The maximum atomic E-state index is 12.4. The molecule has 21 heavy (non-hydrogen) atoms. The van der Waals surface area contributed by atoms with Crippen LogP contribution >= 0.6 is 0 Å². The van der Waals surface area contributed by atoms with E-state index in [2.05, 4.69) is 17.2 Å². The number of hydrogen-bond acceptors (Lipinski definition) is 4. The first-order valence-corrected chi connectivity index (χ1v) is 6.82. The molecule has 1 aliphatic heterocycles. The second-order valence-corrected chi connectivity index (χ2v) is 5.01. The molecule has 1 saturated heterocycles. The molecule has 112 valence electrons. The lowest BCUT2D eigenvalue weighted by atomic mass is 10.0. The van der Waals surface area contributed by atoms with Crippen LogP contribution in [0.25, 0.3) is 0 Å². The molecule has 1 unspecified atom stereocenters. The molecular weight excluding hydrogens is 270 g/mol. The highest BCUT2D eigenvalue weighted by atomic mass is 16.5. The predicted octanol–water partition coefficient (Wildman–Crippen LogP) is 1.55. The Morgan fingerprint density at radius 3 is 3.00 bits per heavy atom. The summed E-state index contributed by atoms with van der Waals surface area (Å²) in [6, 6.07) is 5.22. The van der Waals surface area contributed by atoms with Crippen molar-refractivity contribution in [2.75, 3.05) is 25.6 Å². The Balaban J connectivity index is 2.22. The summed E-state index contributed by atoms with van der Waals surface area (Å²) in [7, 11) is 1.54. The lowest BCUT2D eigenvalue weighted by Gasteiger charge is -2.22. The molecule has 1 atom stereocenters. The van der Waals surface area contributed by atoms with Crippen molar-refractivity contribution in [3.05, 3.63) is 23.8 Å². The first-order valence-electron chi connectivity index (χ1n) is 6.82. The third-order valence-electron chi connectivity index (χ3n) is 3.46. The Morgan fingerprint density at radius 1 is 1.57 bits per heavy atom. The van der Waals surface area contributed by atoms with Crippen LogP contribution in [0, 0.1) is 11.8 Å². The van der Waals surface area contributed by atoms with Gasteiger partial charge in [0.1, 0.15) is 18.0 Å². The quantitative estimate of drug-likeness (QED) is 0.828. The lowest BCUT2D eigenvalue weighted by molar-refractivity contribution is -0.133. The zero-order chi connectivity index (χ0) is 15.3. The van der Waals surface area contributed by atoms with E-state index in [-0.39, 0.29) is 12.5 Å². The van der Waals surface area contributed by atoms with Gasteiger partial charge in [-0.25, -0.2) is 0 Å². The molecule has 1 heterocycles. The van der Waals surface area contributed by atoms with E-state index in [0.717, 1.165) is 6.42 Å². The van der Waals surface area contributed by atoms with Gasteiger partial charge in [0.2, 0.25) is 0 Å². The number of ether oxygens (including phenoxy) is 2. The van der Waals surface area contributed by atoms with Crippen LogP contribution in [0.5, 0.6) is 5.75 Å². The van der Waals surface area contributed by atoms with Crippen LogP contribution in [0.4, 0.5) is 5.69 Å². The lowest BCUT2D eigenvalue weighted by Crippen LogP contribution is -2.39. The van der Waals surface area contributed by atoms with Crippen LogP contribution < -0.4 is 10.1 Å². The highest BCUT2D eigenvalue weighted by Gasteiger charge is 2.38. The van der Waals surface area contributed by atoms with Gasteiger partial charge in [-0.15, -0.1) is 0 Å². The second kappa shape index (κ2) is 6.61. The monoisotopic (exact) mass is 289 g/mol. The van der Waals surface area contributed by atoms with Gasteiger partial charge in [-0.3, -0.25) is 4.79 Å². The van der Waals surface area contributed by atoms with Crippen LogP contribution in [-0.4, -0.2) is 36.9 Å². The molecule has 2 N–H and O–H groups in total. The minimum absolute atomic E-state index is 0.189. The van der Waals surface area contributed by atoms with E-state index < -0.39 is 5.60 Å². The number of carbonyl (C=O) groups excluding carboxylic acids is 1. The minimum Gasteiger partial charge on any atom is -0.495 e. The van der Waals surface area contributed by atoms with Crippen LogP contribution in [0.1, 0.15) is 25.3 Å². The Hall–Kier alpha value is -2.03. The highest BCUT2D eigenvalue weighted by molar-refractivity contribution is 5.98. The van der Waals surface area contributed by atoms with E-state index in [4.69, 9.17) is 14.6 Å². The molecule has 0 spiro atoms. The van der Waals surface area contributed by atoms with Crippen molar-refractivity contribution in [2.45, 2.75) is 25.4 Å². The van der Waals surface area contributed by atoms with Gasteiger partial charge >= 0.3 is 0 Å². The summed E-state index contributed by atoms with van der Waals surface area (Å²) < 4.78 is 10.8. The van der Waals surface area contributed by atoms with E-state index in [0.29, 0.717) is 30.0 Å². The molecule has 0 aromatic heterocycles. The van der Waals surface area contributed by atoms with Crippen molar-refractivity contribution in [1.29, 1.82) is 0 Å². The van der Waals surface area contributed by atoms with Crippen LogP contribution in [0.3, 0.4) is 0 Å². The third kappa shape index (κ3) is 3.54. The first kappa shape index (κ1) is 15.4. The number of aliphatic hydroxyl groups excluding tert-OH is 1. The number of aliphatic hydroxyl groups is 1. The fourth-order valence-electron chi connectivity index (χ4n) is 2.24. The van der Waals surface area contributed by atoms with Gasteiger partial charge < -0.3 is 19.9 Å². The molecule has 5 heteroatoms. The number of carbonyl (C=O) groups is 1. The van der Waals surface area contributed by atoms with E-state index >= 15 is 0 Å². The Morgan fingerprint density at radius 2 is 2.38 bits per heavy atom. The minimum atomic E-state index is -0.794. The van der Waals surface area contributed by atoms with Crippen molar-refractivity contribution in [3.63, 3.8) is 0 Å². The number of methoxy groups -OCH3 is 1. The normalized spacial score (nSPS) is 20.5. The number of benzene rings is 1. The topological polar surface area (TPSA) is 67.8 Å². The van der Waals surface area contributed by atoms with Crippen molar-refractivity contribution in [3.8, 4) is 17.6 Å². The summed E-state index contributed by atoms with van der Waals surface area (Å²) in [5, 5.41) is 11.6. The third-order valence-corrected chi connectivity index (χ3v) is 3.46. The van der Waals surface area contributed by atoms with Crippen molar-refractivity contribution in [1.82, 2.24) is 0 Å². The van der Waals surface area contributed by atoms with Crippen molar-refractivity contribution in [2.24, 2.45) is 0 Å². The standard InChI is InChI=1S/C16H19NO4/c1-16(8-4-10-21-16)15(19)17-13-11-12(5-3-9-18)6-7-14(13)20-2/h6-7,11,18H,4,8-10H2,1-2H3,(H,17,19). The van der Waals surface area contributed by atoms with Crippen LogP contribution in [-0.2, 0) is 9.53 Å². The van der Waals surface area contributed by atoms with E-state index in [9.17, 15) is 4.79 Å². The van der Waals surface area contributed by atoms with Crippen LogP contribution in [0.15, 0.2) is 18.2 Å². The summed E-state index contributed by atoms with van der Waals surface area (Å²) in [6.45, 7) is 2.18. The molecular formula is C16H19NO4. The summed E-state index contributed by atoms with van der Waals surface area (Å²) in [5.41, 5.74) is 0.444. The van der Waals surface area contributed by atoms with Crippen LogP contribution in [0.2, 0.25) is 0 Å². The highest BCUT2D eigenvalue weighted by Crippen LogP contribution is 2.30. The number of amides is 1. The Labute approximate surface area is 124 Å². The number of nitrogens with one attached hydrogen (secondary N) is 1. The molecule has 1 aliphatic rings. The van der Waals surface area contributed by atoms with Crippen molar-refractivity contribution < 1.29 is 19.4 Å². The molecule has 0 saturated carbocycles. The molecule has 5 nitrogen and oxygen atoms in total. The van der Waals surface area contributed by atoms with Gasteiger partial charge in [-0.05, 0) is 38.0 Å². The molecule has 1 aromatic carbocycles. The molecule has 0 bridgehead atoms. The Kier molecular flexibility index (Phi) is 4.84. The van der Waals surface area contributed by atoms with Gasteiger partial charge in [0.05, 0.1) is 12.8 Å². The van der Waals surface area contributed by atoms with E-state index in [1.54, 1.807) is 25.1 Å². The molecule has 2 rings (SSSR count). The van der Waals surface area contributed by atoms with E-state index in [1.165, 1.54) is 7.11 Å². The fraction of sp³-hybridized carbons (Fsp3) is 0.438. The molecule has 0 radical (unpaired) electrons. The largest absolute Gasteiger partial charge is 0.495 e. The average Bonchev–Trinajstić information content (AvgIpc) is 2.93. The Bertz CT molecular complexity index is 580. The summed E-state index contributed by atoms with van der Waals surface area (Å²) in [6.07, 6.45) is 1.58. The summed E-state index contributed by atoms with van der Waals surface area (Å²) >= 11 is 0. The number of hydrogen-bond donors (Lipinski definition) is 2. The summed E-state index contributed by atoms with van der Waals surface area (Å²) in [4.78, 5) is 12.4. The molecule has 1 fully saturated rings.